The van der Waals surface area contributed by atoms with E-state index in [2.05, 4.69) is 36.5 Å². The molecule has 6 nitrogen and oxygen atoms in total. The third kappa shape index (κ3) is 7.58. The third-order valence-corrected chi connectivity index (χ3v) is 4.63. The Morgan fingerprint density at radius 3 is 2.28 bits per heavy atom. The maximum atomic E-state index is 12.8. The summed E-state index contributed by atoms with van der Waals surface area (Å²) in [5.41, 5.74) is 3.03. The van der Waals surface area contributed by atoms with Crippen LogP contribution < -0.4 is 15.0 Å². The van der Waals surface area contributed by atoms with E-state index in [0.29, 0.717) is 18.8 Å². The van der Waals surface area contributed by atoms with E-state index in [1.54, 1.807) is 31.4 Å². The first-order valence-electron chi connectivity index (χ1n) is 9.99. The van der Waals surface area contributed by atoms with Crippen molar-refractivity contribution in [1.29, 1.82) is 0 Å². The normalized spacial score (nSPS) is 11.6. The van der Waals surface area contributed by atoms with Crippen LogP contribution in [0.4, 0.5) is 5.69 Å². The van der Waals surface area contributed by atoms with E-state index in [0.717, 1.165) is 22.6 Å². The fourth-order valence-electron chi connectivity index (χ4n) is 3.06. The van der Waals surface area contributed by atoms with Crippen molar-refractivity contribution in [2.24, 2.45) is 0 Å². The largest absolute Gasteiger partial charge is 0.497 e. The number of methoxy groups -OCH3 is 1. The van der Waals surface area contributed by atoms with Gasteiger partial charge in [0.2, 0.25) is 0 Å². The van der Waals surface area contributed by atoms with Gasteiger partial charge in [0.1, 0.15) is 5.75 Å². The van der Waals surface area contributed by atoms with E-state index in [1.165, 1.54) is 5.56 Å². The SMILES string of the molecule is CCCN(Cc1ccc(C)cc1)C(=O)C[NH+](C)CC(=O)Nc1ccc(OC)cc1. The van der Waals surface area contributed by atoms with Crippen LogP contribution in [0.1, 0.15) is 24.5 Å². The average Bonchev–Trinajstić information content (AvgIpc) is 2.69. The zero-order valence-corrected chi connectivity index (χ0v) is 17.8. The first-order chi connectivity index (χ1) is 13.9. The fourth-order valence-corrected chi connectivity index (χ4v) is 3.06. The van der Waals surface area contributed by atoms with Crippen molar-refractivity contribution < 1.29 is 19.2 Å². The number of likely N-dealkylation sites (N-methyl/N-ethyl adjacent to an activating group) is 1. The number of hydrogen-bond donors (Lipinski definition) is 2. The maximum Gasteiger partial charge on any atom is 0.279 e. The molecule has 0 bridgehead atoms. The average molecular weight is 399 g/mol. The molecule has 0 saturated heterocycles. The van der Waals surface area contributed by atoms with Crippen molar-refractivity contribution in [2.45, 2.75) is 26.8 Å². The molecule has 0 aromatic heterocycles. The molecule has 0 radical (unpaired) electrons. The number of quaternary nitrogens is 1. The molecule has 2 aromatic rings. The fraction of sp³-hybridized carbons (Fsp3) is 0.391. The zero-order valence-electron chi connectivity index (χ0n) is 17.8. The lowest BCUT2D eigenvalue weighted by molar-refractivity contribution is -0.862. The second kappa shape index (κ2) is 11.2. The molecule has 0 spiro atoms. The standard InChI is InChI=1S/C23H31N3O3/c1-5-14-26(15-19-8-6-18(2)7-9-19)23(28)17-25(3)16-22(27)24-20-10-12-21(29-4)13-11-20/h6-13H,5,14-17H2,1-4H3,(H,24,27)/p+1. The molecule has 0 aliphatic rings. The van der Waals surface area contributed by atoms with Crippen molar-refractivity contribution in [3.63, 3.8) is 0 Å². The first-order valence-corrected chi connectivity index (χ1v) is 9.99. The number of benzene rings is 2. The summed E-state index contributed by atoms with van der Waals surface area (Å²) in [5, 5.41) is 2.86. The number of ether oxygens (including phenoxy) is 1. The van der Waals surface area contributed by atoms with Crippen LogP contribution in [0.25, 0.3) is 0 Å². The molecule has 2 rings (SSSR count). The topological polar surface area (TPSA) is 63.1 Å². The highest BCUT2D eigenvalue weighted by atomic mass is 16.5. The minimum absolute atomic E-state index is 0.0576. The molecule has 0 fully saturated rings. The van der Waals surface area contributed by atoms with Crippen molar-refractivity contribution >= 4 is 17.5 Å². The Labute approximate surface area is 173 Å². The van der Waals surface area contributed by atoms with Gasteiger partial charge in [0.25, 0.3) is 11.8 Å². The number of carbonyl (C=O) groups is 2. The third-order valence-electron chi connectivity index (χ3n) is 4.63. The minimum atomic E-state index is -0.124. The summed E-state index contributed by atoms with van der Waals surface area (Å²) < 4.78 is 5.11. The van der Waals surface area contributed by atoms with E-state index in [9.17, 15) is 9.59 Å². The molecule has 2 amide bonds. The molecule has 0 heterocycles. The molecule has 29 heavy (non-hydrogen) atoms. The lowest BCUT2D eigenvalue weighted by atomic mass is 10.1. The lowest BCUT2D eigenvalue weighted by Crippen LogP contribution is -3.11. The molecule has 1 unspecified atom stereocenters. The number of nitrogens with zero attached hydrogens (tertiary/aromatic N) is 1. The van der Waals surface area contributed by atoms with Gasteiger partial charge in [-0.1, -0.05) is 36.8 Å². The second-order valence-electron chi connectivity index (χ2n) is 7.39. The molecular formula is C23H32N3O3+. The van der Waals surface area contributed by atoms with Crippen molar-refractivity contribution in [1.82, 2.24) is 4.90 Å². The number of hydrogen-bond acceptors (Lipinski definition) is 3. The molecule has 6 heteroatoms. The van der Waals surface area contributed by atoms with Gasteiger partial charge in [-0.2, -0.15) is 0 Å². The van der Waals surface area contributed by atoms with E-state index >= 15 is 0 Å². The van der Waals surface area contributed by atoms with Gasteiger partial charge in [-0.3, -0.25) is 9.59 Å². The Balaban J connectivity index is 1.87. The van der Waals surface area contributed by atoms with Gasteiger partial charge in [-0.15, -0.1) is 0 Å². The molecule has 0 saturated carbocycles. The zero-order chi connectivity index (χ0) is 21.2. The van der Waals surface area contributed by atoms with Gasteiger partial charge in [-0.25, -0.2) is 0 Å². The highest BCUT2D eigenvalue weighted by Crippen LogP contribution is 2.14. The Kier molecular flexibility index (Phi) is 8.68. The van der Waals surface area contributed by atoms with Gasteiger partial charge in [0.05, 0.1) is 14.2 Å². The first kappa shape index (κ1) is 22.4. The van der Waals surface area contributed by atoms with Gasteiger partial charge >= 0.3 is 0 Å². The number of nitrogens with one attached hydrogen (secondary N) is 2. The van der Waals surface area contributed by atoms with E-state index < -0.39 is 0 Å². The van der Waals surface area contributed by atoms with Crippen LogP contribution in [0.15, 0.2) is 48.5 Å². The molecule has 0 aliphatic carbocycles. The Morgan fingerprint density at radius 1 is 1.03 bits per heavy atom. The minimum Gasteiger partial charge on any atom is -0.497 e. The van der Waals surface area contributed by atoms with Crippen molar-refractivity contribution in [2.75, 3.05) is 39.1 Å². The highest BCUT2D eigenvalue weighted by molar-refractivity contribution is 5.91. The van der Waals surface area contributed by atoms with Crippen LogP contribution in [-0.4, -0.2) is 50.5 Å². The van der Waals surface area contributed by atoms with Gasteiger partial charge < -0.3 is 19.9 Å². The predicted molar refractivity (Wildman–Crippen MR) is 115 cm³/mol. The quantitative estimate of drug-likeness (QED) is 0.643. The van der Waals surface area contributed by atoms with Crippen LogP contribution in [-0.2, 0) is 16.1 Å². The summed E-state index contributed by atoms with van der Waals surface area (Å²) >= 11 is 0. The van der Waals surface area contributed by atoms with Gasteiger partial charge in [0, 0.05) is 18.8 Å². The summed E-state index contributed by atoms with van der Waals surface area (Å²) in [6.45, 7) is 5.92. The van der Waals surface area contributed by atoms with Gasteiger partial charge in [-0.05, 0) is 43.2 Å². The van der Waals surface area contributed by atoms with Crippen LogP contribution in [0.5, 0.6) is 5.75 Å². The lowest BCUT2D eigenvalue weighted by Gasteiger charge is -2.24. The maximum absolute atomic E-state index is 12.8. The summed E-state index contributed by atoms with van der Waals surface area (Å²) in [5.74, 6) is 0.671. The van der Waals surface area contributed by atoms with Crippen LogP contribution in [0.3, 0.4) is 0 Å². The van der Waals surface area contributed by atoms with E-state index in [-0.39, 0.29) is 24.9 Å². The number of aryl methyl sites for hydroxylation is 1. The highest BCUT2D eigenvalue weighted by Gasteiger charge is 2.19. The number of rotatable bonds is 10. The molecule has 1 atom stereocenters. The van der Waals surface area contributed by atoms with Gasteiger partial charge in [0.15, 0.2) is 13.1 Å². The summed E-state index contributed by atoms with van der Waals surface area (Å²) in [6.07, 6.45) is 0.897. The Hall–Kier alpha value is -2.86. The number of amides is 2. The molecule has 2 aromatic carbocycles. The van der Waals surface area contributed by atoms with Crippen molar-refractivity contribution in [3.8, 4) is 5.75 Å². The summed E-state index contributed by atoms with van der Waals surface area (Å²) in [6, 6.07) is 15.4. The van der Waals surface area contributed by atoms with E-state index in [4.69, 9.17) is 4.74 Å². The second-order valence-corrected chi connectivity index (χ2v) is 7.39. The molecular weight excluding hydrogens is 366 g/mol. The summed E-state index contributed by atoms with van der Waals surface area (Å²) in [4.78, 5) is 27.8. The van der Waals surface area contributed by atoms with Crippen LogP contribution in [0, 0.1) is 6.92 Å². The monoisotopic (exact) mass is 398 g/mol. The van der Waals surface area contributed by atoms with E-state index in [1.807, 2.05) is 18.9 Å². The van der Waals surface area contributed by atoms with Crippen molar-refractivity contribution in [3.05, 3.63) is 59.7 Å². The molecule has 0 aliphatic heterocycles. The predicted octanol–water partition coefficient (Wildman–Crippen LogP) is 1.90. The smallest absolute Gasteiger partial charge is 0.279 e. The molecule has 2 N–H and O–H groups in total. The molecule has 156 valence electrons. The van der Waals surface area contributed by atoms with Crippen LogP contribution in [0.2, 0.25) is 0 Å². The number of carbonyl (C=O) groups excluding carboxylic acids is 2. The van der Waals surface area contributed by atoms with Crippen LogP contribution >= 0.6 is 0 Å². The number of anilines is 1. The Bertz CT molecular complexity index is 788. The summed E-state index contributed by atoms with van der Waals surface area (Å²) in [7, 11) is 3.46. The Morgan fingerprint density at radius 2 is 1.69 bits per heavy atom.